The molecule has 0 radical (unpaired) electrons. The third kappa shape index (κ3) is 5.09. The lowest BCUT2D eigenvalue weighted by Gasteiger charge is -2.18. The normalized spacial score (nSPS) is 10.7. The number of amides is 2. The summed E-state index contributed by atoms with van der Waals surface area (Å²) >= 11 is 0. The lowest BCUT2D eigenvalue weighted by Crippen LogP contribution is -2.24. The van der Waals surface area contributed by atoms with Crippen molar-refractivity contribution in [3.05, 3.63) is 48.8 Å². The van der Waals surface area contributed by atoms with E-state index in [1.54, 1.807) is 25.3 Å². The molecule has 3 rings (SSSR count). The molecule has 2 N–H and O–H groups in total. The highest BCUT2D eigenvalue weighted by molar-refractivity contribution is 6.04. The van der Waals surface area contributed by atoms with Gasteiger partial charge in [-0.15, -0.1) is 0 Å². The Morgan fingerprint density at radius 3 is 2.53 bits per heavy atom. The lowest BCUT2D eigenvalue weighted by molar-refractivity contribution is -0.111. The zero-order valence-corrected chi connectivity index (χ0v) is 18.5. The Hall–Kier alpha value is -3.79. The Morgan fingerprint density at radius 1 is 1.19 bits per heavy atom. The van der Waals surface area contributed by atoms with Crippen LogP contribution < -0.4 is 15.5 Å². The number of nitrogens with zero attached hydrogens (tertiary/aromatic N) is 5. The van der Waals surface area contributed by atoms with Crippen molar-refractivity contribution in [2.24, 2.45) is 0 Å². The molecule has 2 aromatic heterocycles. The van der Waals surface area contributed by atoms with Crippen molar-refractivity contribution in [1.29, 1.82) is 0 Å². The number of fused-ring (bicyclic) bond motifs is 1. The van der Waals surface area contributed by atoms with Gasteiger partial charge in [-0.2, -0.15) is 0 Å². The molecule has 0 fully saturated rings. The molecular formula is C22H27N7O3. The topological polar surface area (TPSA) is 114 Å². The van der Waals surface area contributed by atoms with E-state index in [2.05, 4.69) is 32.2 Å². The van der Waals surface area contributed by atoms with E-state index in [0.717, 1.165) is 18.6 Å². The summed E-state index contributed by atoms with van der Waals surface area (Å²) in [6, 6.07) is 5.30. The van der Waals surface area contributed by atoms with Gasteiger partial charge in [0.15, 0.2) is 0 Å². The molecule has 0 atom stereocenters. The molecule has 32 heavy (non-hydrogen) atoms. The third-order valence-corrected chi connectivity index (χ3v) is 4.89. The van der Waals surface area contributed by atoms with Gasteiger partial charge in [-0.05, 0) is 38.1 Å². The van der Waals surface area contributed by atoms with E-state index in [1.807, 2.05) is 23.3 Å². The quantitative estimate of drug-likeness (QED) is 0.469. The zero-order valence-electron chi connectivity index (χ0n) is 18.5. The molecule has 2 amide bonds. The van der Waals surface area contributed by atoms with E-state index in [1.165, 1.54) is 18.5 Å². The minimum atomic E-state index is -0.370. The summed E-state index contributed by atoms with van der Waals surface area (Å²) in [4.78, 5) is 39.6. The number of benzene rings is 1. The van der Waals surface area contributed by atoms with Crippen LogP contribution in [0.2, 0.25) is 0 Å². The van der Waals surface area contributed by atoms with E-state index in [9.17, 15) is 9.59 Å². The molecule has 10 nitrogen and oxygen atoms in total. The first-order valence-corrected chi connectivity index (χ1v) is 10.3. The van der Waals surface area contributed by atoms with Crippen molar-refractivity contribution < 1.29 is 14.3 Å². The minimum Gasteiger partial charge on any atom is -0.383 e. The van der Waals surface area contributed by atoms with Crippen LogP contribution in [0.4, 0.5) is 17.6 Å². The minimum absolute atomic E-state index is 0.311. The number of carbonyl (C=O) groups excluding carboxylic acids is 2. The fourth-order valence-electron chi connectivity index (χ4n) is 3.18. The van der Waals surface area contributed by atoms with Gasteiger partial charge in [-0.25, -0.2) is 15.0 Å². The summed E-state index contributed by atoms with van der Waals surface area (Å²) in [5, 5.41) is 5.56. The highest BCUT2D eigenvalue weighted by Gasteiger charge is 2.16. The van der Waals surface area contributed by atoms with Gasteiger partial charge in [-0.3, -0.25) is 14.9 Å². The van der Waals surface area contributed by atoms with Crippen LogP contribution in [0.25, 0.3) is 11.0 Å². The first-order valence-electron chi connectivity index (χ1n) is 10.3. The summed E-state index contributed by atoms with van der Waals surface area (Å²) in [5.74, 6) is 0.259. The van der Waals surface area contributed by atoms with Crippen LogP contribution in [-0.4, -0.2) is 58.1 Å². The predicted octanol–water partition coefficient (Wildman–Crippen LogP) is 2.70. The Bertz CT molecular complexity index is 1100. The van der Waals surface area contributed by atoms with Gasteiger partial charge in [-0.1, -0.05) is 6.58 Å². The summed E-state index contributed by atoms with van der Waals surface area (Å²) in [5.41, 5.74) is 2.33. The third-order valence-electron chi connectivity index (χ3n) is 4.89. The van der Waals surface area contributed by atoms with Gasteiger partial charge in [0.2, 0.25) is 17.8 Å². The molecule has 0 aliphatic rings. The zero-order chi connectivity index (χ0) is 23.1. The predicted molar refractivity (Wildman–Crippen MR) is 124 cm³/mol. The number of imidazole rings is 1. The second-order valence-corrected chi connectivity index (χ2v) is 6.87. The largest absolute Gasteiger partial charge is 0.383 e. The van der Waals surface area contributed by atoms with Crippen LogP contribution in [0, 0.1) is 0 Å². The molecule has 0 saturated carbocycles. The van der Waals surface area contributed by atoms with Crippen molar-refractivity contribution >= 4 is 40.4 Å². The highest BCUT2D eigenvalue weighted by Crippen LogP contribution is 2.24. The van der Waals surface area contributed by atoms with Gasteiger partial charge < -0.3 is 19.5 Å². The van der Waals surface area contributed by atoms with Crippen molar-refractivity contribution in [1.82, 2.24) is 19.5 Å². The average molecular weight is 438 g/mol. The van der Waals surface area contributed by atoms with Crippen molar-refractivity contribution in [3.63, 3.8) is 0 Å². The molecule has 168 valence electrons. The maximum absolute atomic E-state index is 12.8. The maximum atomic E-state index is 12.8. The molecule has 2 heterocycles. The number of hydrogen-bond acceptors (Lipinski definition) is 7. The van der Waals surface area contributed by atoms with Crippen molar-refractivity contribution in [3.8, 4) is 0 Å². The number of hydrogen-bond donors (Lipinski definition) is 2. The fraction of sp³-hybridized carbons (Fsp3) is 0.318. The number of carbonyl (C=O) groups is 2. The van der Waals surface area contributed by atoms with Crippen LogP contribution in [-0.2, 0) is 16.1 Å². The van der Waals surface area contributed by atoms with Gasteiger partial charge in [0.05, 0.1) is 23.2 Å². The number of aromatic nitrogens is 4. The van der Waals surface area contributed by atoms with E-state index in [-0.39, 0.29) is 11.8 Å². The Labute approximate surface area is 186 Å². The second-order valence-electron chi connectivity index (χ2n) is 6.87. The standard InChI is InChI=1S/C22H27N7O3/c1-5-19(30)25-16-8-9-17-18(12-16)29(10-11-32-4)22(26-17)27-20(31)15-13-23-21(24-14-15)28(6-2)7-3/h5,8-9,12-14H,1,6-7,10-11H2,2-4H3,(H,25,30)(H,26,27,31). The molecule has 0 unspecified atom stereocenters. The average Bonchev–Trinajstić information content (AvgIpc) is 3.14. The molecule has 0 spiro atoms. The van der Waals surface area contributed by atoms with E-state index < -0.39 is 0 Å². The SMILES string of the molecule is C=CC(=O)Nc1ccc2nc(NC(=O)c3cnc(N(CC)CC)nc3)n(CCOC)c2c1. The van der Waals surface area contributed by atoms with Gasteiger partial charge in [0.25, 0.3) is 5.91 Å². The molecule has 0 aliphatic carbocycles. The van der Waals surface area contributed by atoms with Crippen LogP contribution >= 0.6 is 0 Å². The molecule has 0 aliphatic heterocycles. The van der Waals surface area contributed by atoms with E-state index >= 15 is 0 Å². The molecule has 1 aromatic carbocycles. The van der Waals surface area contributed by atoms with Crippen LogP contribution in [0.15, 0.2) is 43.2 Å². The smallest absolute Gasteiger partial charge is 0.261 e. The maximum Gasteiger partial charge on any atom is 0.261 e. The molecule has 0 bridgehead atoms. The van der Waals surface area contributed by atoms with Gasteiger partial charge in [0.1, 0.15) is 0 Å². The van der Waals surface area contributed by atoms with Crippen molar-refractivity contribution in [2.75, 3.05) is 42.3 Å². The second kappa shape index (κ2) is 10.5. The van der Waals surface area contributed by atoms with Gasteiger partial charge in [0, 0.05) is 44.8 Å². The lowest BCUT2D eigenvalue weighted by atomic mass is 10.2. The van der Waals surface area contributed by atoms with Crippen LogP contribution in [0.3, 0.4) is 0 Å². The molecule has 3 aromatic rings. The van der Waals surface area contributed by atoms with Crippen molar-refractivity contribution in [2.45, 2.75) is 20.4 Å². The number of anilines is 3. The highest BCUT2D eigenvalue weighted by atomic mass is 16.5. The summed E-state index contributed by atoms with van der Waals surface area (Å²) in [7, 11) is 1.60. The number of nitrogens with one attached hydrogen (secondary N) is 2. The summed E-state index contributed by atoms with van der Waals surface area (Å²) in [6.07, 6.45) is 4.20. The molecule has 10 heteroatoms. The first-order chi connectivity index (χ1) is 15.5. The Kier molecular flexibility index (Phi) is 7.50. The van der Waals surface area contributed by atoms with Crippen LogP contribution in [0.1, 0.15) is 24.2 Å². The van der Waals surface area contributed by atoms with E-state index in [0.29, 0.717) is 41.8 Å². The number of methoxy groups -OCH3 is 1. The monoisotopic (exact) mass is 437 g/mol. The van der Waals surface area contributed by atoms with Crippen LogP contribution in [0.5, 0.6) is 0 Å². The Morgan fingerprint density at radius 2 is 1.91 bits per heavy atom. The Balaban J connectivity index is 1.88. The van der Waals surface area contributed by atoms with E-state index in [4.69, 9.17) is 4.74 Å². The number of rotatable bonds is 10. The molecular weight excluding hydrogens is 410 g/mol. The fourth-order valence-corrected chi connectivity index (χ4v) is 3.18. The van der Waals surface area contributed by atoms with Gasteiger partial charge >= 0.3 is 0 Å². The summed E-state index contributed by atoms with van der Waals surface area (Å²) < 4.78 is 7.03. The number of ether oxygens (including phenoxy) is 1. The summed E-state index contributed by atoms with van der Waals surface area (Å²) in [6.45, 7) is 9.93. The first kappa shape index (κ1) is 22.9. The molecule has 0 saturated heterocycles.